The van der Waals surface area contributed by atoms with E-state index < -0.39 is 9.84 Å². The molecule has 0 aliphatic carbocycles. The van der Waals surface area contributed by atoms with Gasteiger partial charge < -0.3 is 5.21 Å². The first kappa shape index (κ1) is 11.7. The minimum atomic E-state index is -3.19. The van der Waals surface area contributed by atoms with Gasteiger partial charge in [-0.2, -0.15) is 0 Å². The predicted octanol–water partition coefficient (Wildman–Crippen LogP) is 1.22. The van der Waals surface area contributed by atoms with E-state index >= 15 is 0 Å². The standard InChI is InChI=1S/C10H13NO3S/c1-8-4-3-5-9(6-8)10(11-12)7-15(2,13)14/h3-6,12H,7H2,1-2H3/b11-10+. The second-order valence-electron chi connectivity index (χ2n) is 3.49. The van der Waals surface area contributed by atoms with Crippen LogP contribution in [0, 0.1) is 6.92 Å². The summed E-state index contributed by atoms with van der Waals surface area (Å²) in [6, 6.07) is 7.17. The number of hydrogen-bond donors (Lipinski definition) is 1. The Morgan fingerprint density at radius 3 is 2.60 bits per heavy atom. The third kappa shape index (κ3) is 3.71. The molecule has 0 saturated heterocycles. The first-order valence-electron chi connectivity index (χ1n) is 4.38. The van der Waals surface area contributed by atoms with Crippen LogP contribution < -0.4 is 0 Å². The van der Waals surface area contributed by atoms with E-state index in [9.17, 15) is 8.42 Å². The first-order valence-corrected chi connectivity index (χ1v) is 6.44. The van der Waals surface area contributed by atoms with Crippen LogP contribution >= 0.6 is 0 Å². The Kier molecular flexibility index (Phi) is 3.47. The molecule has 1 N–H and O–H groups in total. The van der Waals surface area contributed by atoms with Crippen molar-refractivity contribution in [2.24, 2.45) is 5.16 Å². The molecule has 4 nitrogen and oxygen atoms in total. The summed E-state index contributed by atoms with van der Waals surface area (Å²) in [5, 5.41) is 11.8. The van der Waals surface area contributed by atoms with E-state index in [1.807, 2.05) is 13.0 Å². The van der Waals surface area contributed by atoms with E-state index in [1.54, 1.807) is 18.2 Å². The Labute approximate surface area is 89.2 Å². The summed E-state index contributed by atoms with van der Waals surface area (Å²) in [6.07, 6.45) is 1.11. The number of hydrogen-bond acceptors (Lipinski definition) is 4. The minimum absolute atomic E-state index is 0.168. The predicted molar refractivity (Wildman–Crippen MR) is 59.2 cm³/mol. The zero-order valence-corrected chi connectivity index (χ0v) is 9.45. The van der Waals surface area contributed by atoms with Crippen molar-refractivity contribution >= 4 is 15.5 Å². The summed E-state index contributed by atoms with van der Waals surface area (Å²) >= 11 is 0. The molecule has 82 valence electrons. The number of rotatable bonds is 3. The third-order valence-corrected chi connectivity index (χ3v) is 2.67. The van der Waals surface area contributed by atoms with Crippen LogP contribution in [0.5, 0.6) is 0 Å². The lowest BCUT2D eigenvalue weighted by molar-refractivity contribution is 0.319. The molecule has 0 fully saturated rings. The normalized spacial score (nSPS) is 12.8. The van der Waals surface area contributed by atoms with Gasteiger partial charge >= 0.3 is 0 Å². The molecule has 0 unspecified atom stereocenters. The van der Waals surface area contributed by atoms with Gasteiger partial charge in [0.1, 0.15) is 5.71 Å². The molecule has 0 spiro atoms. The molecule has 0 heterocycles. The van der Waals surface area contributed by atoms with Crippen LogP contribution in [0.1, 0.15) is 11.1 Å². The number of nitrogens with zero attached hydrogens (tertiary/aromatic N) is 1. The van der Waals surface area contributed by atoms with E-state index in [-0.39, 0.29) is 11.5 Å². The monoisotopic (exact) mass is 227 g/mol. The van der Waals surface area contributed by atoms with Crippen LogP contribution in [0.3, 0.4) is 0 Å². The van der Waals surface area contributed by atoms with Crippen molar-refractivity contribution < 1.29 is 13.6 Å². The van der Waals surface area contributed by atoms with Crippen molar-refractivity contribution in [3.8, 4) is 0 Å². The number of benzene rings is 1. The molecule has 0 aliphatic rings. The van der Waals surface area contributed by atoms with Crippen LogP contribution in [0.4, 0.5) is 0 Å². The average molecular weight is 227 g/mol. The molecule has 0 atom stereocenters. The largest absolute Gasteiger partial charge is 0.411 e. The Hall–Kier alpha value is -1.36. The van der Waals surface area contributed by atoms with Gasteiger partial charge in [0.05, 0.1) is 5.75 Å². The highest BCUT2D eigenvalue weighted by Crippen LogP contribution is 2.07. The second kappa shape index (κ2) is 4.44. The lowest BCUT2D eigenvalue weighted by Gasteiger charge is -2.03. The molecule has 1 aromatic carbocycles. The molecule has 5 heteroatoms. The zero-order valence-electron chi connectivity index (χ0n) is 8.64. The second-order valence-corrected chi connectivity index (χ2v) is 5.63. The highest BCUT2D eigenvalue weighted by Gasteiger charge is 2.11. The van der Waals surface area contributed by atoms with E-state index in [4.69, 9.17) is 5.21 Å². The third-order valence-electron chi connectivity index (χ3n) is 1.87. The fourth-order valence-electron chi connectivity index (χ4n) is 1.24. The lowest BCUT2D eigenvalue weighted by atomic mass is 10.1. The maximum absolute atomic E-state index is 11.1. The molecule has 0 bridgehead atoms. The number of sulfone groups is 1. The molecule has 0 aliphatic heterocycles. The molecule has 0 radical (unpaired) electrons. The van der Waals surface area contributed by atoms with Gasteiger partial charge in [-0.1, -0.05) is 35.0 Å². The van der Waals surface area contributed by atoms with Crippen LogP contribution in [0.2, 0.25) is 0 Å². The van der Waals surface area contributed by atoms with Gasteiger partial charge in [0.25, 0.3) is 0 Å². The molecule has 0 saturated carbocycles. The highest BCUT2D eigenvalue weighted by molar-refractivity contribution is 7.91. The van der Waals surface area contributed by atoms with Gasteiger partial charge in [-0.25, -0.2) is 8.42 Å². The van der Waals surface area contributed by atoms with Gasteiger partial charge in [-0.15, -0.1) is 0 Å². The molecular weight excluding hydrogens is 214 g/mol. The first-order chi connectivity index (χ1) is 6.92. The van der Waals surface area contributed by atoms with E-state index in [1.165, 1.54) is 0 Å². The molecular formula is C10H13NO3S. The molecule has 0 amide bonds. The van der Waals surface area contributed by atoms with E-state index in [0.29, 0.717) is 5.56 Å². The Morgan fingerprint density at radius 2 is 2.13 bits per heavy atom. The van der Waals surface area contributed by atoms with Crippen molar-refractivity contribution in [3.63, 3.8) is 0 Å². The SMILES string of the molecule is Cc1cccc(/C(CS(C)(=O)=O)=N/O)c1. The van der Waals surface area contributed by atoms with Gasteiger partial charge in [-0.3, -0.25) is 0 Å². The van der Waals surface area contributed by atoms with Crippen molar-refractivity contribution in [1.82, 2.24) is 0 Å². The Bertz CT molecular complexity index is 477. The molecule has 0 aromatic heterocycles. The molecule has 1 aromatic rings. The van der Waals surface area contributed by atoms with Gasteiger partial charge in [0, 0.05) is 11.8 Å². The number of aryl methyl sites for hydroxylation is 1. The Balaban J connectivity index is 3.05. The summed E-state index contributed by atoms with van der Waals surface area (Å²) in [5.74, 6) is -0.257. The van der Waals surface area contributed by atoms with Gasteiger partial charge in [0.15, 0.2) is 9.84 Å². The Morgan fingerprint density at radius 1 is 1.47 bits per heavy atom. The summed E-state index contributed by atoms with van der Waals surface area (Å²) in [4.78, 5) is 0. The zero-order chi connectivity index (χ0) is 11.5. The molecule has 15 heavy (non-hydrogen) atoms. The fraction of sp³-hybridized carbons (Fsp3) is 0.300. The summed E-state index contributed by atoms with van der Waals surface area (Å²) in [6.45, 7) is 1.89. The van der Waals surface area contributed by atoms with Crippen LogP contribution in [-0.2, 0) is 9.84 Å². The topological polar surface area (TPSA) is 66.7 Å². The van der Waals surface area contributed by atoms with Crippen LogP contribution in [0.25, 0.3) is 0 Å². The van der Waals surface area contributed by atoms with Crippen molar-refractivity contribution in [2.75, 3.05) is 12.0 Å². The van der Waals surface area contributed by atoms with Crippen LogP contribution in [-0.4, -0.2) is 31.3 Å². The van der Waals surface area contributed by atoms with Crippen LogP contribution in [0.15, 0.2) is 29.4 Å². The van der Waals surface area contributed by atoms with Crippen molar-refractivity contribution in [1.29, 1.82) is 0 Å². The van der Waals surface area contributed by atoms with Gasteiger partial charge in [0.2, 0.25) is 0 Å². The summed E-state index contributed by atoms with van der Waals surface area (Å²) < 4.78 is 22.1. The lowest BCUT2D eigenvalue weighted by Crippen LogP contribution is -2.15. The van der Waals surface area contributed by atoms with Crippen molar-refractivity contribution in [3.05, 3.63) is 35.4 Å². The quantitative estimate of drug-likeness (QED) is 0.479. The highest BCUT2D eigenvalue weighted by atomic mass is 32.2. The number of oxime groups is 1. The maximum Gasteiger partial charge on any atom is 0.153 e. The average Bonchev–Trinajstić information content (AvgIpc) is 2.13. The van der Waals surface area contributed by atoms with E-state index in [2.05, 4.69) is 5.16 Å². The maximum atomic E-state index is 11.1. The summed E-state index contributed by atoms with van der Waals surface area (Å²) in [5.41, 5.74) is 1.78. The summed E-state index contributed by atoms with van der Waals surface area (Å²) in [7, 11) is -3.19. The van der Waals surface area contributed by atoms with Crippen molar-refractivity contribution in [2.45, 2.75) is 6.92 Å². The van der Waals surface area contributed by atoms with E-state index in [0.717, 1.165) is 11.8 Å². The molecule has 1 rings (SSSR count). The van der Waals surface area contributed by atoms with Gasteiger partial charge in [-0.05, 0) is 6.92 Å². The smallest absolute Gasteiger partial charge is 0.153 e. The fourth-order valence-corrected chi connectivity index (χ4v) is 1.96. The minimum Gasteiger partial charge on any atom is -0.411 e.